The van der Waals surface area contributed by atoms with E-state index in [1.165, 1.54) is 0 Å². The van der Waals surface area contributed by atoms with Crippen molar-refractivity contribution in [3.63, 3.8) is 0 Å². The van der Waals surface area contributed by atoms with E-state index in [1.807, 2.05) is 0 Å². The average molecular weight is 300 g/mol. The van der Waals surface area contributed by atoms with Crippen LogP contribution in [0.3, 0.4) is 0 Å². The molecule has 1 rings (SSSR count). The lowest BCUT2D eigenvalue weighted by molar-refractivity contribution is -0.143. The van der Waals surface area contributed by atoms with Crippen molar-refractivity contribution in [1.29, 1.82) is 0 Å². The summed E-state index contributed by atoms with van der Waals surface area (Å²) >= 11 is 0. The van der Waals surface area contributed by atoms with Crippen LogP contribution in [0.4, 0.5) is 26.3 Å². The Morgan fingerprint density at radius 2 is 1.65 bits per heavy atom. The maximum Gasteiger partial charge on any atom is 0.417 e. The van der Waals surface area contributed by atoms with Crippen molar-refractivity contribution in [3.8, 4) is 0 Å². The summed E-state index contributed by atoms with van der Waals surface area (Å²) in [4.78, 5) is 21.8. The van der Waals surface area contributed by atoms with Crippen molar-refractivity contribution < 1.29 is 40.7 Å². The molecule has 0 N–H and O–H groups in total. The first-order chi connectivity index (χ1) is 9.04. The lowest BCUT2D eigenvalue weighted by atomic mass is 9.95. The molecule has 0 unspecified atom stereocenters. The van der Waals surface area contributed by atoms with Gasteiger partial charge in [0.2, 0.25) is 0 Å². The van der Waals surface area contributed by atoms with Gasteiger partial charge in [-0.15, -0.1) is 0 Å². The van der Waals surface area contributed by atoms with Crippen LogP contribution >= 0.6 is 0 Å². The highest BCUT2D eigenvalue weighted by Crippen LogP contribution is 2.40. The summed E-state index contributed by atoms with van der Waals surface area (Å²) < 4.78 is 80.3. The van der Waals surface area contributed by atoms with E-state index in [9.17, 15) is 35.9 Å². The second kappa shape index (κ2) is 5.14. The van der Waals surface area contributed by atoms with E-state index in [0.29, 0.717) is 6.07 Å². The molecular formula is C11H6F6O3. The second-order valence-electron chi connectivity index (χ2n) is 3.55. The van der Waals surface area contributed by atoms with Gasteiger partial charge in [0.05, 0.1) is 23.8 Å². The van der Waals surface area contributed by atoms with Crippen LogP contribution in [0.15, 0.2) is 12.1 Å². The average Bonchev–Trinajstić information content (AvgIpc) is 2.33. The molecule has 1 aromatic rings. The van der Waals surface area contributed by atoms with Crippen LogP contribution < -0.4 is 0 Å². The summed E-state index contributed by atoms with van der Waals surface area (Å²) in [7, 11) is 0.765. The number of rotatable bonds is 2. The molecule has 0 spiro atoms. The highest BCUT2D eigenvalue weighted by atomic mass is 19.4. The minimum absolute atomic E-state index is 0.227. The van der Waals surface area contributed by atoms with Crippen molar-refractivity contribution in [2.24, 2.45) is 0 Å². The number of alkyl halides is 6. The zero-order chi connectivity index (χ0) is 15.7. The number of carbonyl (C=O) groups excluding carboxylic acids is 2. The van der Waals surface area contributed by atoms with Gasteiger partial charge < -0.3 is 4.74 Å². The van der Waals surface area contributed by atoms with Crippen molar-refractivity contribution in [3.05, 3.63) is 34.4 Å². The van der Waals surface area contributed by atoms with Crippen molar-refractivity contribution in [1.82, 2.24) is 0 Å². The SMILES string of the molecule is COC(=O)c1ccc(C(F)(F)F)c(C=O)c1C(F)(F)F. The highest BCUT2D eigenvalue weighted by Gasteiger charge is 2.43. The van der Waals surface area contributed by atoms with Gasteiger partial charge in [0, 0.05) is 5.56 Å². The van der Waals surface area contributed by atoms with Gasteiger partial charge in [-0.25, -0.2) is 4.79 Å². The third-order valence-corrected chi connectivity index (χ3v) is 2.36. The molecule has 0 aliphatic heterocycles. The fraction of sp³-hybridized carbons (Fsp3) is 0.273. The standard InChI is InChI=1S/C11H6F6O3/c1-20-9(19)5-2-3-7(10(12,13)14)6(4-18)8(5)11(15,16)17/h2-4H,1H3. The number of ether oxygens (including phenoxy) is 1. The van der Waals surface area contributed by atoms with Crippen LogP contribution in [0.2, 0.25) is 0 Å². The lowest BCUT2D eigenvalue weighted by Gasteiger charge is -2.17. The molecular weight excluding hydrogens is 294 g/mol. The molecule has 0 saturated carbocycles. The first kappa shape index (κ1) is 16.0. The van der Waals surface area contributed by atoms with Gasteiger partial charge in [-0.3, -0.25) is 4.79 Å². The van der Waals surface area contributed by atoms with E-state index in [-0.39, 0.29) is 6.07 Å². The molecule has 0 atom stereocenters. The highest BCUT2D eigenvalue weighted by molar-refractivity contribution is 5.95. The van der Waals surface area contributed by atoms with Crippen LogP contribution in [0.1, 0.15) is 31.8 Å². The van der Waals surface area contributed by atoms with Gasteiger partial charge >= 0.3 is 18.3 Å². The Morgan fingerprint density at radius 3 is 2.00 bits per heavy atom. The van der Waals surface area contributed by atoms with Gasteiger partial charge in [0.1, 0.15) is 0 Å². The molecule has 0 saturated heterocycles. The fourth-order valence-corrected chi connectivity index (χ4v) is 1.57. The van der Waals surface area contributed by atoms with E-state index in [4.69, 9.17) is 0 Å². The number of hydrogen-bond donors (Lipinski definition) is 0. The molecule has 0 amide bonds. The number of aldehydes is 1. The zero-order valence-corrected chi connectivity index (χ0v) is 9.72. The van der Waals surface area contributed by atoms with Crippen molar-refractivity contribution in [2.45, 2.75) is 12.4 Å². The third-order valence-electron chi connectivity index (χ3n) is 2.36. The molecule has 0 radical (unpaired) electrons. The predicted octanol–water partition coefficient (Wildman–Crippen LogP) is 3.32. The topological polar surface area (TPSA) is 43.4 Å². The zero-order valence-electron chi connectivity index (χ0n) is 9.72. The van der Waals surface area contributed by atoms with E-state index < -0.39 is 46.9 Å². The Labute approximate surface area is 108 Å². The Kier molecular flexibility index (Phi) is 4.11. The van der Waals surface area contributed by atoms with Gasteiger partial charge in [0.15, 0.2) is 6.29 Å². The van der Waals surface area contributed by atoms with Gasteiger partial charge in [0.25, 0.3) is 0 Å². The first-order valence-electron chi connectivity index (χ1n) is 4.89. The maximum absolute atomic E-state index is 12.8. The molecule has 0 aliphatic rings. The summed E-state index contributed by atoms with van der Waals surface area (Å²) in [5.41, 5.74) is -6.54. The lowest BCUT2D eigenvalue weighted by Crippen LogP contribution is -2.21. The summed E-state index contributed by atoms with van der Waals surface area (Å²) in [5, 5.41) is 0. The molecule has 0 fully saturated rings. The van der Waals surface area contributed by atoms with E-state index in [1.54, 1.807) is 0 Å². The molecule has 0 heterocycles. The van der Waals surface area contributed by atoms with Gasteiger partial charge in [-0.1, -0.05) is 0 Å². The Morgan fingerprint density at radius 1 is 1.10 bits per heavy atom. The number of hydrogen-bond acceptors (Lipinski definition) is 3. The molecule has 9 heteroatoms. The van der Waals surface area contributed by atoms with Crippen LogP contribution in [-0.2, 0) is 17.1 Å². The second-order valence-corrected chi connectivity index (χ2v) is 3.55. The summed E-state index contributed by atoms with van der Waals surface area (Å²) in [6, 6.07) is 0.551. The largest absolute Gasteiger partial charge is 0.465 e. The normalized spacial score (nSPS) is 12.2. The van der Waals surface area contributed by atoms with Crippen LogP contribution in [-0.4, -0.2) is 19.4 Å². The molecule has 1 aromatic carbocycles. The number of carbonyl (C=O) groups is 2. The van der Waals surface area contributed by atoms with Crippen molar-refractivity contribution in [2.75, 3.05) is 7.11 Å². The minimum atomic E-state index is -5.32. The summed E-state index contributed by atoms with van der Waals surface area (Å²) in [6.07, 6.45) is -11.1. The number of halogens is 6. The minimum Gasteiger partial charge on any atom is -0.465 e. The summed E-state index contributed by atoms with van der Waals surface area (Å²) in [6.45, 7) is 0. The predicted molar refractivity (Wildman–Crippen MR) is 53.2 cm³/mol. The molecule has 20 heavy (non-hydrogen) atoms. The summed E-state index contributed by atoms with van der Waals surface area (Å²) in [5.74, 6) is -1.49. The number of methoxy groups -OCH3 is 1. The van der Waals surface area contributed by atoms with Crippen LogP contribution in [0, 0.1) is 0 Å². The molecule has 0 aliphatic carbocycles. The molecule has 110 valence electrons. The van der Waals surface area contributed by atoms with E-state index >= 15 is 0 Å². The quantitative estimate of drug-likeness (QED) is 0.478. The Hall–Kier alpha value is -2.06. The van der Waals surface area contributed by atoms with Gasteiger partial charge in [-0.05, 0) is 12.1 Å². The van der Waals surface area contributed by atoms with Crippen molar-refractivity contribution >= 4 is 12.3 Å². The first-order valence-corrected chi connectivity index (χ1v) is 4.89. The fourth-order valence-electron chi connectivity index (χ4n) is 1.57. The van der Waals surface area contributed by atoms with Crippen LogP contribution in [0.5, 0.6) is 0 Å². The van der Waals surface area contributed by atoms with Gasteiger partial charge in [-0.2, -0.15) is 26.3 Å². The third kappa shape index (κ3) is 2.91. The monoisotopic (exact) mass is 300 g/mol. The number of benzene rings is 1. The Bertz CT molecular complexity index is 544. The number of esters is 1. The van der Waals surface area contributed by atoms with E-state index in [0.717, 1.165) is 7.11 Å². The van der Waals surface area contributed by atoms with Crippen LogP contribution in [0.25, 0.3) is 0 Å². The maximum atomic E-state index is 12.8. The molecule has 0 aromatic heterocycles. The Balaban J connectivity index is 3.78. The smallest absolute Gasteiger partial charge is 0.417 e. The molecule has 3 nitrogen and oxygen atoms in total. The van der Waals surface area contributed by atoms with E-state index in [2.05, 4.69) is 4.74 Å². The molecule has 0 bridgehead atoms.